The van der Waals surface area contributed by atoms with Crippen molar-refractivity contribution < 1.29 is 14.4 Å². The Balaban J connectivity index is 0.00000201. The zero-order valence-electron chi connectivity index (χ0n) is 25.7. The van der Waals surface area contributed by atoms with Crippen molar-refractivity contribution in [2.75, 3.05) is 0 Å². The van der Waals surface area contributed by atoms with Crippen molar-refractivity contribution in [1.82, 2.24) is 16.0 Å². The van der Waals surface area contributed by atoms with E-state index in [-0.39, 0.29) is 18.0 Å². The molecule has 0 spiro atoms. The Kier molecular flexibility index (Phi) is 15.3. The van der Waals surface area contributed by atoms with E-state index in [9.17, 15) is 14.4 Å². The van der Waals surface area contributed by atoms with Crippen LogP contribution in [-0.2, 0) is 21.7 Å². The predicted molar refractivity (Wildman–Crippen MR) is 172 cm³/mol. The van der Waals surface area contributed by atoms with Crippen LogP contribution >= 0.6 is 11.8 Å². The molecule has 0 aliphatic heterocycles. The molecule has 2 aromatic rings. The van der Waals surface area contributed by atoms with Crippen molar-refractivity contribution in [2.45, 2.75) is 86.4 Å². The lowest BCUT2D eigenvalue weighted by atomic mass is 9.98. The van der Waals surface area contributed by atoms with E-state index in [0.717, 1.165) is 18.4 Å². The zero-order chi connectivity index (χ0) is 31.0. The second kappa shape index (κ2) is 17.8. The number of hydrogen-bond acceptors (Lipinski definition) is 4. The van der Waals surface area contributed by atoms with Crippen molar-refractivity contribution in [3.05, 3.63) is 93.2 Å². The van der Waals surface area contributed by atoms with E-state index < -0.39 is 17.9 Å². The molecular formula is C34H45N3O3S. The van der Waals surface area contributed by atoms with Gasteiger partial charge in [-0.3, -0.25) is 14.4 Å². The fourth-order valence-corrected chi connectivity index (χ4v) is 4.17. The molecule has 7 heteroatoms. The van der Waals surface area contributed by atoms with Crippen LogP contribution in [0.15, 0.2) is 65.4 Å². The number of allylic oxidation sites excluding steroid dienone is 2. The van der Waals surface area contributed by atoms with E-state index in [1.807, 2.05) is 46.1 Å². The Morgan fingerprint density at radius 3 is 2.29 bits per heavy atom. The molecule has 0 heterocycles. The van der Waals surface area contributed by atoms with Gasteiger partial charge in [0.1, 0.15) is 0 Å². The van der Waals surface area contributed by atoms with Crippen molar-refractivity contribution >= 4 is 29.5 Å². The number of aryl methyl sites for hydroxylation is 2. The van der Waals surface area contributed by atoms with Crippen LogP contribution in [0, 0.1) is 25.7 Å². The first-order chi connectivity index (χ1) is 19.6. The first kappa shape index (κ1) is 35.3. The number of rotatable bonds is 8. The van der Waals surface area contributed by atoms with Gasteiger partial charge < -0.3 is 16.0 Å². The molecule has 41 heavy (non-hydrogen) atoms. The third kappa shape index (κ3) is 11.0. The van der Waals surface area contributed by atoms with Crippen molar-refractivity contribution in [3.63, 3.8) is 0 Å². The molecule has 2 aromatic carbocycles. The number of amides is 3. The number of benzene rings is 2. The number of thioether (sulfide) groups is 1. The number of hydrogen-bond donors (Lipinski definition) is 3. The topological polar surface area (TPSA) is 87.3 Å². The maximum atomic E-state index is 13.2. The lowest BCUT2D eigenvalue weighted by Gasteiger charge is -2.20. The first-order valence-electron chi connectivity index (χ1n) is 14.2. The van der Waals surface area contributed by atoms with Gasteiger partial charge in [-0.05, 0) is 74.3 Å². The lowest BCUT2D eigenvalue weighted by Crippen LogP contribution is -2.43. The predicted octanol–water partition coefficient (Wildman–Crippen LogP) is 6.68. The normalized spacial score (nSPS) is 13.1. The molecule has 3 amide bonds. The second-order valence-corrected chi connectivity index (χ2v) is 10.2. The Labute approximate surface area is 250 Å². The van der Waals surface area contributed by atoms with Crippen LogP contribution in [0.1, 0.15) is 87.0 Å². The number of carbonyl (C=O) groups is 3. The Bertz CT molecular complexity index is 1300. The summed E-state index contributed by atoms with van der Waals surface area (Å²) < 4.78 is 0. The van der Waals surface area contributed by atoms with Crippen LogP contribution in [0.5, 0.6) is 0 Å². The summed E-state index contributed by atoms with van der Waals surface area (Å²) in [5.41, 5.74) is 4.24. The summed E-state index contributed by atoms with van der Waals surface area (Å²) in [7, 11) is 0. The molecule has 1 aliphatic carbocycles. The molecule has 0 saturated heterocycles. The molecule has 0 bridgehead atoms. The van der Waals surface area contributed by atoms with Crippen LogP contribution < -0.4 is 16.0 Å². The molecule has 1 unspecified atom stereocenters. The van der Waals surface area contributed by atoms with Crippen LogP contribution in [0.25, 0.3) is 0 Å². The SMILES string of the molecule is C=C(C#CC(C)NC(=O)C(=O)NCc1ccccc1C(=O)NC1(c2ccc(C)c(C)c2)CC1)S/C=C\C.CC.CC. The van der Waals surface area contributed by atoms with E-state index in [2.05, 4.69) is 66.4 Å². The van der Waals surface area contributed by atoms with Gasteiger partial charge in [0.25, 0.3) is 5.91 Å². The first-order valence-corrected chi connectivity index (χ1v) is 15.1. The Morgan fingerprint density at radius 1 is 1.02 bits per heavy atom. The summed E-state index contributed by atoms with van der Waals surface area (Å²) in [5.74, 6) is 3.92. The standard InChI is InChI=1S/C30H33N3O3S.2C2H6/c1-6-17-37-23(5)13-12-22(4)32-29(36)28(35)31-19-24-9-7-8-10-26(24)27(34)33-30(15-16-30)25-14-11-20(2)21(3)18-25;2*1-2/h6-11,14,17-18,22H,5,15-16,19H2,1-4H3,(H,31,35)(H,32,36)(H,33,34);2*1-2H3/b17-6-;;. The number of nitrogens with one attached hydrogen (secondary N) is 3. The monoisotopic (exact) mass is 575 g/mol. The lowest BCUT2D eigenvalue weighted by molar-refractivity contribution is -0.139. The second-order valence-electron chi connectivity index (χ2n) is 9.15. The molecule has 6 nitrogen and oxygen atoms in total. The summed E-state index contributed by atoms with van der Waals surface area (Å²) in [5, 5.41) is 10.2. The van der Waals surface area contributed by atoms with E-state index in [4.69, 9.17) is 0 Å². The smallest absolute Gasteiger partial charge is 0.310 e. The minimum Gasteiger partial charge on any atom is -0.344 e. The average Bonchev–Trinajstić information content (AvgIpc) is 3.77. The average molecular weight is 576 g/mol. The van der Waals surface area contributed by atoms with Crippen molar-refractivity contribution in [1.29, 1.82) is 0 Å². The Morgan fingerprint density at radius 2 is 1.68 bits per heavy atom. The van der Waals surface area contributed by atoms with Gasteiger partial charge in [0.15, 0.2) is 0 Å². The molecular weight excluding hydrogens is 530 g/mol. The number of carbonyl (C=O) groups excluding carboxylic acids is 3. The maximum Gasteiger partial charge on any atom is 0.310 e. The van der Waals surface area contributed by atoms with Crippen LogP contribution in [0.2, 0.25) is 0 Å². The summed E-state index contributed by atoms with van der Waals surface area (Å²) >= 11 is 1.39. The van der Waals surface area contributed by atoms with Gasteiger partial charge in [-0.25, -0.2) is 0 Å². The molecule has 0 aromatic heterocycles. The van der Waals surface area contributed by atoms with E-state index in [1.165, 1.54) is 22.9 Å². The van der Waals surface area contributed by atoms with Gasteiger partial charge in [0, 0.05) is 12.1 Å². The Hall–Kier alpha value is -3.76. The van der Waals surface area contributed by atoms with Gasteiger partial charge >= 0.3 is 11.8 Å². The fourth-order valence-electron chi connectivity index (χ4n) is 3.75. The summed E-state index contributed by atoms with van der Waals surface area (Å²) in [6, 6.07) is 12.8. The fraction of sp³-hybridized carbons (Fsp3) is 0.382. The van der Waals surface area contributed by atoms with Gasteiger partial charge in [-0.2, -0.15) is 0 Å². The third-order valence-electron chi connectivity index (χ3n) is 6.19. The van der Waals surface area contributed by atoms with Gasteiger partial charge in [-0.1, -0.05) is 100 Å². The molecule has 1 atom stereocenters. The molecule has 3 rings (SSSR count). The quantitative estimate of drug-likeness (QED) is 0.242. The van der Waals surface area contributed by atoms with E-state index in [1.54, 1.807) is 31.2 Å². The molecule has 0 radical (unpaired) electrons. The van der Waals surface area contributed by atoms with Crippen molar-refractivity contribution in [2.24, 2.45) is 0 Å². The van der Waals surface area contributed by atoms with Gasteiger partial charge in [0.2, 0.25) is 0 Å². The summed E-state index contributed by atoms with van der Waals surface area (Å²) in [4.78, 5) is 38.6. The van der Waals surface area contributed by atoms with Crippen LogP contribution in [0.4, 0.5) is 0 Å². The van der Waals surface area contributed by atoms with Crippen molar-refractivity contribution in [3.8, 4) is 11.8 Å². The summed E-state index contributed by atoms with van der Waals surface area (Å²) in [6.45, 7) is 19.6. The highest BCUT2D eigenvalue weighted by Crippen LogP contribution is 2.46. The third-order valence-corrected chi connectivity index (χ3v) is 6.99. The maximum absolute atomic E-state index is 13.2. The minimum absolute atomic E-state index is 0.0450. The highest BCUT2D eigenvalue weighted by Gasteiger charge is 2.46. The minimum atomic E-state index is -0.792. The van der Waals surface area contributed by atoms with E-state index >= 15 is 0 Å². The molecule has 1 saturated carbocycles. The highest BCUT2D eigenvalue weighted by molar-refractivity contribution is 8.06. The van der Waals surface area contributed by atoms with Gasteiger partial charge in [0.05, 0.1) is 16.5 Å². The zero-order valence-corrected chi connectivity index (χ0v) is 26.6. The summed E-state index contributed by atoms with van der Waals surface area (Å²) in [6.07, 6.45) is 3.63. The molecule has 220 valence electrons. The molecule has 1 aliphatic rings. The highest BCUT2D eigenvalue weighted by atomic mass is 32.2. The van der Waals surface area contributed by atoms with Gasteiger partial charge in [-0.15, -0.1) is 0 Å². The van der Waals surface area contributed by atoms with E-state index in [0.29, 0.717) is 16.0 Å². The molecule has 3 N–H and O–H groups in total. The van der Waals surface area contributed by atoms with Crippen LogP contribution in [0.3, 0.4) is 0 Å². The van der Waals surface area contributed by atoms with Crippen LogP contribution in [-0.4, -0.2) is 23.8 Å². The molecule has 1 fully saturated rings. The largest absolute Gasteiger partial charge is 0.344 e.